The Bertz CT molecular complexity index is 279. The zero-order valence-electron chi connectivity index (χ0n) is 9.36. The van der Waals surface area contributed by atoms with Crippen LogP contribution in [0.1, 0.15) is 27.7 Å². The molecule has 0 amide bonds. The van der Waals surface area contributed by atoms with Gasteiger partial charge in [-0.1, -0.05) is 52.0 Å². The van der Waals surface area contributed by atoms with Gasteiger partial charge in [0, 0.05) is 10.8 Å². The molecule has 2 nitrogen and oxygen atoms in total. The second-order valence-corrected chi connectivity index (χ2v) is 2.12. The minimum Gasteiger partial charge on any atom is -0.158 e. The molecule has 0 aliphatic heterocycles. The lowest BCUT2D eigenvalue weighted by Gasteiger charge is -1.90. The molecular formula is C12H18N2. The minimum atomic E-state index is 1.14. The second-order valence-electron chi connectivity index (χ2n) is 2.12. The monoisotopic (exact) mass is 190 g/mol. The predicted octanol–water partition coefficient (Wildman–Crippen LogP) is 3.68. The van der Waals surface area contributed by atoms with Crippen LogP contribution in [0.3, 0.4) is 0 Å². The molecule has 0 aliphatic carbocycles. The van der Waals surface area contributed by atoms with E-state index >= 15 is 0 Å². The third-order valence-corrected chi connectivity index (χ3v) is 1.46. The van der Waals surface area contributed by atoms with Gasteiger partial charge < -0.3 is 0 Å². The molecule has 0 saturated heterocycles. The van der Waals surface area contributed by atoms with Gasteiger partial charge in [-0.25, -0.2) is 0 Å². The van der Waals surface area contributed by atoms with Gasteiger partial charge in [0.1, 0.15) is 0 Å². The van der Waals surface area contributed by atoms with Crippen molar-refractivity contribution in [3.8, 4) is 0 Å². The molecule has 0 saturated carbocycles. The average molecular weight is 190 g/mol. The molecule has 0 spiro atoms. The standard InChI is InChI=1S/C8H6N2.2C2H6/c1-2-4-8-6-10-9-5-7(8)3-1;2*1-2/h1-6H;2*1-2H3. The first-order valence-electron chi connectivity index (χ1n) is 5.12. The molecule has 2 heteroatoms. The number of rotatable bonds is 0. The normalized spacial score (nSPS) is 8.00. The van der Waals surface area contributed by atoms with Crippen LogP contribution in [-0.4, -0.2) is 10.2 Å². The summed E-state index contributed by atoms with van der Waals surface area (Å²) in [5, 5.41) is 9.80. The molecule has 0 unspecified atom stereocenters. The van der Waals surface area contributed by atoms with Crippen LogP contribution >= 0.6 is 0 Å². The third kappa shape index (κ3) is 3.52. The summed E-state index contributed by atoms with van der Waals surface area (Å²) in [4.78, 5) is 0. The summed E-state index contributed by atoms with van der Waals surface area (Å²) in [6.45, 7) is 8.00. The van der Waals surface area contributed by atoms with Crippen molar-refractivity contribution in [3.63, 3.8) is 0 Å². The maximum atomic E-state index is 3.76. The Labute approximate surface area is 86.0 Å². The van der Waals surface area contributed by atoms with Crippen LogP contribution in [0.5, 0.6) is 0 Å². The second kappa shape index (κ2) is 8.17. The maximum absolute atomic E-state index is 3.76. The van der Waals surface area contributed by atoms with E-state index in [9.17, 15) is 0 Å². The Hall–Kier alpha value is -1.44. The number of hydrogen-bond acceptors (Lipinski definition) is 2. The van der Waals surface area contributed by atoms with Crippen molar-refractivity contribution in [2.24, 2.45) is 0 Å². The van der Waals surface area contributed by atoms with Gasteiger partial charge in [-0.3, -0.25) is 0 Å². The average Bonchev–Trinajstić information content (AvgIpc) is 2.34. The van der Waals surface area contributed by atoms with E-state index in [1.54, 1.807) is 12.4 Å². The molecule has 76 valence electrons. The SMILES string of the molecule is CC.CC.c1ccc2cnncc2c1. The first-order chi connectivity index (χ1) is 6.97. The highest BCUT2D eigenvalue weighted by Gasteiger charge is 1.87. The summed E-state index contributed by atoms with van der Waals surface area (Å²) >= 11 is 0. The van der Waals surface area contributed by atoms with Crippen molar-refractivity contribution < 1.29 is 0 Å². The topological polar surface area (TPSA) is 25.8 Å². The smallest absolute Gasteiger partial charge is 0.0574 e. The van der Waals surface area contributed by atoms with E-state index in [1.165, 1.54) is 0 Å². The zero-order valence-corrected chi connectivity index (χ0v) is 9.36. The summed E-state index contributed by atoms with van der Waals surface area (Å²) in [7, 11) is 0. The maximum Gasteiger partial charge on any atom is 0.0574 e. The van der Waals surface area contributed by atoms with Gasteiger partial charge in [0.25, 0.3) is 0 Å². The Morgan fingerprint density at radius 3 is 1.43 bits per heavy atom. The fourth-order valence-electron chi connectivity index (χ4n) is 0.937. The molecule has 0 radical (unpaired) electrons. The molecule has 0 fully saturated rings. The number of nitrogens with zero attached hydrogens (tertiary/aromatic N) is 2. The summed E-state index contributed by atoms with van der Waals surface area (Å²) in [5.41, 5.74) is 0. The van der Waals surface area contributed by atoms with Crippen molar-refractivity contribution in [3.05, 3.63) is 36.7 Å². The van der Waals surface area contributed by atoms with Crippen molar-refractivity contribution in [2.45, 2.75) is 27.7 Å². The molecule has 0 N–H and O–H groups in total. The lowest BCUT2D eigenvalue weighted by molar-refractivity contribution is 1.05. The quantitative estimate of drug-likeness (QED) is 0.633. The summed E-state index contributed by atoms with van der Waals surface area (Å²) in [6.07, 6.45) is 3.52. The fraction of sp³-hybridized carbons (Fsp3) is 0.333. The molecular weight excluding hydrogens is 172 g/mol. The molecule has 14 heavy (non-hydrogen) atoms. The van der Waals surface area contributed by atoms with E-state index < -0.39 is 0 Å². The van der Waals surface area contributed by atoms with E-state index in [1.807, 2.05) is 52.0 Å². The van der Waals surface area contributed by atoms with Crippen LogP contribution in [0.2, 0.25) is 0 Å². The van der Waals surface area contributed by atoms with Gasteiger partial charge in [0.2, 0.25) is 0 Å². The summed E-state index contributed by atoms with van der Waals surface area (Å²) in [5.74, 6) is 0. The van der Waals surface area contributed by atoms with Crippen molar-refractivity contribution in [1.29, 1.82) is 0 Å². The van der Waals surface area contributed by atoms with Gasteiger partial charge in [-0.15, -0.1) is 0 Å². The number of fused-ring (bicyclic) bond motifs is 1. The number of hydrogen-bond donors (Lipinski definition) is 0. The van der Waals surface area contributed by atoms with E-state index in [-0.39, 0.29) is 0 Å². The van der Waals surface area contributed by atoms with E-state index in [0.717, 1.165) is 10.8 Å². The van der Waals surface area contributed by atoms with E-state index in [0.29, 0.717) is 0 Å². The fourth-order valence-corrected chi connectivity index (χ4v) is 0.937. The van der Waals surface area contributed by atoms with Crippen LogP contribution in [0.25, 0.3) is 10.8 Å². The van der Waals surface area contributed by atoms with Gasteiger partial charge in [-0.05, 0) is 0 Å². The van der Waals surface area contributed by atoms with Gasteiger partial charge >= 0.3 is 0 Å². The number of aromatic nitrogens is 2. The van der Waals surface area contributed by atoms with Crippen LogP contribution in [0, 0.1) is 0 Å². The molecule has 0 aliphatic rings. The minimum absolute atomic E-state index is 1.14. The Morgan fingerprint density at radius 1 is 0.714 bits per heavy atom. The molecule has 2 aromatic rings. The molecule has 1 aromatic heterocycles. The van der Waals surface area contributed by atoms with E-state index in [4.69, 9.17) is 0 Å². The molecule has 2 rings (SSSR count). The molecule has 0 atom stereocenters. The first kappa shape index (κ1) is 12.6. The predicted molar refractivity (Wildman–Crippen MR) is 62.2 cm³/mol. The first-order valence-corrected chi connectivity index (χ1v) is 5.12. The lowest BCUT2D eigenvalue weighted by Crippen LogP contribution is -1.77. The Balaban J connectivity index is 0.000000379. The van der Waals surface area contributed by atoms with Crippen molar-refractivity contribution in [1.82, 2.24) is 10.2 Å². The Kier molecular flexibility index (Phi) is 7.33. The van der Waals surface area contributed by atoms with Gasteiger partial charge in [0.15, 0.2) is 0 Å². The molecule has 0 bridgehead atoms. The summed E-state index contributed by atoms with van der Waals surface area (Å²) in [6, 6.07) is 8.02. The van der Waals surface area contributed by atoms with Crippen molar-refractivity contribution in [2.75, 3.05) is 0 Å². The van der Waals surface area contributed by atoms with Crippen LogP contribution < -0.4 is 0 Å². The van der Waals surface area contributed by atoms with E-state index in [2.05, 4.69) is 10.2 Å². The van der Waals surface area contributed by atoms with Crippen LogP contribution in [0.15, 0.2) is 36.7 Å². The molecule has 1 heterocycles. The highest BCUT2D eigenvalue weighted by Crippen LogP contribution is 2.08. The van der Waals surface area contributed by atoms with Crippen LogP contribution in [0.4, 0.5) is 0 Å². The lowest BCUT2D eigenvalue weighted by atomic mass is 10.2. The van der Waals surface area contributed by atoms with Gasteiger partial charge in [0.05, 0.1) is 12.4 Å². The van der Waals surface area contributed by atoms with Gasteiger partial charge in [-0.2, -0.15) is 10.2 Å². The Morgan fingerprint density at radius 2 is 1.07 bits per heavy atom. The van der Waals surface area contributed by atoms with Crippen LogP contribution in [-0.2, 0) is 0 Å². The number of benzene rings is 1. The largest absolute Gasteiger partial charge is 0.158 e. The zero-order chi connectivity index (χ0) is 10.8. The highest BCUT2D eigenvalue weighted by molar-refractivity contribution is 5.80. The summed E-state index contributed by atoms with van der Waals surface area (Å²) < 4.78 is 0. The molecule has 1 aromatic carbocycles. The third-order valence-electron chi connectivity index (χ3n) is 1.46. The highest BCUT2D eigenvalue weighted by atomic mass is 15.1. The van der Waals surface area contributed by atoms with Crippen molar-refractivity contribution >= 4 is 10.8 Å².